The first-order valence-electron chi connectivity index (χ1n) is 16.7. The maximum Gasteiger partial charge on any atom is 0.412 e. The number of aromatic nitrogens is 1. The van der Waals surface area contributed by atoms with Crippen LogP contribution in [0, 0.1) is 0 Å². The third-order valence-electron chi connectivity index (χ3n) is 9.72. The number of piperidine rings is 2. The van der Waals surface area contributed by atoms with Crippen LogP contribution in [0.15, 0.2) is 77.7 Å². The zero-order valence-electron chi connectivity index (χ0n) is 27.6. The molecule has 0 saturated carbocycles. The average molecular weight is 715 g/mol. The normalized spacial score (nSPS) is 18.0. The van der Waals surface area contributed by atoms with Gasteiger partial charge in [0.05, 0.1) is 21.7 Å². The van der Waals surface area contributed by atoms with Crippen molar-refractivity contribution in [3.05, 3.63) is 95.1 Å². The number of hydrogen-bond donors (Lipinski definition) is 1. The molecule has 3 aromatic carbocycles. The lowest BCUT2D eigenvalue weighted by Crippen LogP contribution is -2.48. The standard InChI is InChI=1S/C37H39F5N4O3S/c1-50(48,49)29-10-11-32-30(21-29)33(36(47)44-35(37(40,41)42)25-7-3-2-4-8-25)31(34(43-32)26-9-5-6-24(20-26)22-38)23-45-16-14-28(15-17-45)46-18-12-27(39)13-19-46/h2-11,20-21,27-28,35H,12-19,22-23H2,1H3,(H,44,47)/t35-/m1/s1. The first-order chi connectivity index (χ1) is 23.8. The van der Waals surface area contributed by atoms with Gasteiger partial charge in [0, 0.05) is 48.4 Å². The fourth-order valence-electron chi connectivity index (χ4n) is 7.07. The SMILES string of the molecule is CS(=O)(=O)c1ccc2nc(-c3cccc(CF)c3)c(CN3CCC(N4CCC(F)CC4)CC3)c(C(=O)N[C@H](c3ccccc3)C(F)(F)F)c2c1. The summed E-state index contributed by atoms with van der Waals surface area (Å²) in [6, 6.07) is 15.5. The number of alkyl halides is 5. The molecule has 6 rings (SSSR count). The first-order valence-corrected chi connectivity index (χ1v) is 18.6. The van der Waals surface area contributed by atoms with Crippen molar-refractivity contribution in [1.29, 1.82) is 0 Å². The molecule has 1 amide bonds. The van der Waals surface area contributed by atoms with Crippen LogP contribution < -0.4 is 5.32 Å². The van der Waals surface area contributed by atoms with Gasteiger partial charge in [-0.1, -0.05) is 48.5 Å². The largest absolute Gasteiger partial charge is 0.412 e. The lowest BCUT2D eigenvalue weighted by molar-refractivity contribution is -0.155. The van der Waals surface area contributed by atoms with E-state index in [0.29, 0.717) is 61.4 Å². The molecule has 266 valence electrons. The monoisotopic (exact) mass is 714 g/mol. The summed E-state index contributed by atoms with van der Waals surface area (Å²) in [6.45, 7) is 1.92. The number of sulfone groups is 1. The van der Waals surface area contributed by atoms with Gasteiger partial charge >= 0.3 is 6.18 Å². The van der Waals surface area contributed by atoms with E-state index in [4.69, 9.17) is 4.98 Å². The number of nitrogens with one attached hydrogen (secondary N) is 1. The van der Waals surface area contributed by atoms with E-state index in [1.165, 1.54) is 42.5 Å². The number of hydrogen-bond acceptors (Lipinski definition) is 6. The summed E-state index contributed by atoms with van der Waals surface area (Å²) >= 11 is 0. The van der Waals surface area contributed by atoms with Crippen molar-refractivity contribution >= 4 is 26.6 Å². The van der Waals surface area contributed by atoms with Crippen LogP contribution in [0.5, 0.6) is 0 Å². The van der Waals surface area contributed by atoms with Gasteiger partial charge in [0.15, 0.2) is 15.9 Å². The molecule has 0 spiro atoms. The van der Waals surface area contributed by atoms with Gasteiger partial charge in [-0.15, -0.1) is 0 Å². The third-order valence-corrected chi connectivity index (χ3v) is 10.8. The number of fused-ring (bicyclic) bond motifs is 1. The van der Waals surface area contributed by atoms with Gasteiger partial charge in [-0.25, -0.2) is 22.2 Å². The number of carbonyl (C=O) groups is 1. The molecular formula is C37H39F5N4O3S. The lowest BCUT2D eigenvalue weighted by Gasteiger charge is -2.41. The zero-order chi connectivity index (χ0) is 35.6. The average Bonchev–Trinajstić information content (AvgIpc) is 3.10. The molecule has 13 heteroatoms. The molecule has 3 heterocycles. The summed E-state index contributed by atoms with van der Waals surface area (Å²) in [7, 11) is -3.78. The van der Waals surface area contributed by atoms with Crippen LogP contribution >= 0.6 is 0 Å². The number of halogens is 5. The summed E-state index contributed by atoms with van der Waals surface area (Å²) in [4.78, 5) is 23.5. The molecule has 1 N–H and O–H groups in total. The Balaban J connectivity index is 1.48. The number of nitrogens with zero attached hydrogens (tertiary/aromatic N) is 3. The van der Waals surface area contributed by atoms with E-state index >= 15 is 0 Å². The number of pyridine rings is 1. The van der Waals surface area contributed by atoms with E-state index in [9.17, 15) is 35.2 Å². The highest BCUT2D eigenvalue weighted by molar-refractivity contribution is 7.90. The van der Waals surface area contributed by atoms with Crippen LogP contribution in [-0.4, -0.2) is 79.9 Å². The van der Waals surface area contributed by atoms with Gasteiger partial charge in [0.1, 0.15) is 12.8 Å². The van der Waals surface area contributed by atoms with Gasteiger partial charge in [-0.3, -0.25) is 9.69 Å². The Morgan fingerprint density at radius 3 is 2.28 bits per heavy atom. The second-order valence-electron chi connectivity index (χ2n) is 13.2. The minimum Gasteiger partial charge on any atom is -0.337 e. The molecule has 2 saturated heterocycles. The molecule has 0 unspecified atom stereocenters. The van der Waals surface area contributed by atoms with E-state index in [0.717, 1.165) is 19.1 Å². The highest BCUT2D eigenvalue weighted by Crippen LogP contribution is 2.37. The van der Waals surface area contributed by atoms with Crippen molar-refractivity contribution in [2.75, 3.05) is 32.4 Å². The van der Waals surface area contributed by atoms with E-state index in [2.05, 4.69) is 15.1 Å². The van der Waals surface area contributed by atoms with Crippen LogP contribution in [-0.2, 0) is 23.1 Å². The van der Waals surface area contributed by atoms with Crippen LogP contribution in [0.25, 0.3) is 22.2 Å². The number of rotatable bonds is 9. The van der Waals surface area contributed by atoms with E-state index in [1.807, 2.05) is 0 Å². The van der Waals surface area contributed by atoms with Crippen molar-refractivity contribution in [3.63, 3.8) is 0 Å². The fourth-order valence-corrected chi connectivity index (χ4v) is 7.72. The Morgan fingerprint density at radius 2 is 1.64 bits per heavy atom. The van der Waals surface area contributed by atoms with Crippen molar-refractivity contribution in [3.8, 4) is 11.3 Å². The van der Waals surface area contributed by atoms with E-state index in [1.54, 1.807) is 30.3 Å². The fraction of sp³-hybridized carbons (Fsp3) is 0.405. The number of benzene rings is 3. The number of carbonyl (C=O) groups excluding carboxylic acids is 1. The van der Waals surface area contributed by atoms with Gasteiger partial charge in [-0.05, 0) is 74.2 Å². The van der Waals surface area contributed by atoms with Gasteiger partial charge in [0.2, 0.25) is 0 Å². The zero-order valence-corrected chi connectivity index (χ0v) is 28.4. The minimum absolute atomic E-state index is 0.0868. The maximum absolute atomic E-state index is 14.6. The molecule has 2 aliphatic heterocycles. The molecule has 4 aromatic rings. The van der Waals surface area contributed by atoms with Crippen LogP contribution in [0.3, 0.4) is 0 Å². The van der Waals surface area contributed by atoms with Gasteiger partial charge < -0.3 is 10.2 Å². The Kier molecular flexibility index (Phi) is 10.6. The smallest absolute Gasteiger partial charge is 0.337 e. The predicted octanol–water partition coefficient (Wildman–Crippen LogP) is 7.21. The van der Waals surface area contributed by atoms with Crippen LogP contribution in [0.2, 0.25) is 0 Å². The van der Waals surface area contributed by atoms with E-state index < -0.39 is 40.8 Å². The van der Waals surface area contributed by atoms with Crippen LogP contribution in [0.1, 0.15) is 58.8 Å². The highest BCUT2D eigenvalue weighted by atomic mass is 32.2. The van der Waals surface area contributed by atoms with Gasteiger partial charge in [-0.2, -0.15) is 13.2 Å². The molecule has 1 atom stereocenters. The van der Waals surface area contributed by atoms with E-state index in [-0.39, 0.29) is 39.5 Å². The quantitative estimate of drug-likeness (QED) is 0.185. The summed E-state index contributed by atoms with van der Waals surface area (Å²) in [5, 5.41) is 2.30. The lowest BCUT2D eigenvalue weighted by atomic mass is 9.93. The first kappa shape index (κ1) is 35.9. The molecule has 0 radical (unpaired) electrons. The molecule has 1 aromatic heterocycles. The minimum atomic E-state index is -4.85. The summed E-state index contributed by atoms with van der Waals surface area (Å²) in [5.74, 6) is -1.05. The predicted molar refractivity (Wildman–Crippen MR) is 182 cm³/mol. The van der Waals surface area contributed by atoms with Crippen molar-refractivity contribution in [2.45, 2.75) is 68.2 Å². The molecular weight excluding hydrogens is 675 g/mol. The number of likely N-dealkylation sites (tertiary alicyclic amines) is 2. The van der Waals surface area contributed by atoms with Crippen LogP contribution in [0.4, 0.5) is 22.0 Å². The van der Waals surface area contributed by atoms with Gasteiger partial charge in [0.25, 0.3) is 5.91 Å². The Labute approximate surface area is 288 Å². The molecule has 2 aliphatic rings. The summed E-state index contributed by atoms with van der Waals surface area (Å²) < 4.78 is 96.6. The molecule has 7 nitrogen and oxygen atoms in total. The van der Waals surface area contributed by atoms with Crippen molar-refractivity contribution < 1.29 is 35.2 Å². The second-order valence-corrected chi connectivity index (χ2v) is 15.2. The molecule has 0 aliphatic carbocycles. The Bertz CT molecular complexity index is 1940. The third kappa shape index (κ3) is 8.00. The topological polar surface area (TPSA) is 82.6 Å². The van der Waals surface area contributed by atoms with Crippen molar-refractivity contribution in [2.24, 2.45) is 0 Å². The number of amides is 1. The van der Waals surface area contributed by atoms with Crippen molar-refractivity contribution in [1.82, 2.24) is 20.1 Å². The Morgan fingerprint density at radius 1 is 0.940 bits per heavy atom. The molecule has 0 bridgehead atoms. The summed E-state index contributed by atoms with van der Waals surface area (Å²) in [6.07, 6.45) is -2.08. The Hall–Kier alpha value is -3.94. The highest BCUT2D eigenvalue weighted by Gasteiger charge is 2.42. The summed E-state index contributed by atoms with van der Waals surface area (Å²) in [5.41, 5.74) is 1.33. The molecule has 50 heavy (non-hydrogen) atoms. The molecule has 2 fully saturated rings. The second kappa shape index (κ2) is 14.7. The maximum atomic E-state index is 14.6.